The summed E-state index contributed by atoms with van der Waals surface area (Å²) in [6, 6.07) is 11.3. The number of carbonyl (C=O) groups is 2. The molecule has 4 rings (SSSR count). The van der Waals surface area contributed by atoms with Crippen LogP contribution < -0.4 is 15.4 Å². The van der Waals surface area contributed by atoms with E-state index in [9.17, 15) is 18.0 Å². The lowest BCUT2D eigenvalue weighted by Gasteiger charge is -2.17. The number of aromatic nitrogens is 1. The standard InChI is InChI=1S/C25H23Cl3N4O4S3/c26-16-10-18(27)23(19(28)11-16)39(35,36)31-8-4-3-7-29-24(33)20(12-17-13-37-14-30-17)32-25(34)22-9-15-5-1-2-6-21(15)38-22/h1-2,5-6,9-11,13-14,20,31H,3-4,7-8,12H2,(H,29,33)(H,32,34)/t20-/m0/s1. The summed E-state index contributed by atoms with van der Waals surface area (Å²) in [7, 11) is -3.95. The van der Waals surface area contributed by atoms with Crippen molar-refractivity contribution in [2.24, 2.45) is 0 Å². The number of sulfonamides is 1. The van der Waals surface area contributed by atoms with Crippen LogP contribution in [0.3, 0.4) is 0 Å². The second-order valence-corrected chi connectivity index (χ2v) is 13.2. The van der Waals surface area contributed by atoms with Crippen LogP contribution in [-0.2, 0) is 21.2 Å². The summed E-state index contributed by atoms with van der Waals surface area (Å²) in [5, 5.41) is 8.53. The lowest BCUT2D eigenvalue weighted by molar-refractivity contribution is -0.123. The van der Waals surface area contributed by atoms with Gasteiger partial charge in [-0.05, 0) is 42.5 Å². The van der Waals surface area contributed by atoms with Crippen LogP contribution in [0.2, 0.25) is 15.1 Å². The van der Waals surface area contributed by atoms with Gasteiger partial charge >= 0.3 is 0 Å². The van der Waals surface area contributed by atoms with Crippen LogP contribution >= 0.6 is 57.5 Å². The summed E-state index contributed by atoms with van der Waals surface area (Å²) in [6.45, 7) is 0.397. The van der Waals surface area contributed by atoms with Crippen LogP contribution in [0.25, 0.3) is 10.1 Å². The smallest absolute Gasteiger partial charge is 0.262 e. The molecule has 4 aromatic rings. The molecule has 2 aromatic heterocycles. The summed E-state index contributed by atoms with van der Waals surface area (Å²) in [5.41, 5.74) is 2.37. The van der Waals surface area contributed by atoms with Crippen molar-refractivity contribution >= 4 is 89.4 Å². The van der Waals surface area contributed by atoms with Gasteiger partial charge < -0.3 is 10.6 Å². The predicted molar refractivity (Wildman–Crippen MR) is 158 cm³/mol. The lowest BCUT2D eigenvalue weighted by atomic mass is 10.1. The van der Waals surface area contributed by atoms with Gasteiger partial charge in [-0.15, -0.1) is 22.7 Å². The Kier molecular flexibility index (Phi) is 10.2. The van der Waals surface area contributed by atoms with Gasteiger partial charge in [0.05, 0.1) is 26.1 Å². The van der Waals surface area contributed by atoms with Crippen LogP contribution in [-0.4, -0.2) is 44.3 Å². The summed E-state index contributed by atoms with van der Waals surface area (Å²) in [4.78, 5) is 30.5. The maximum Gasteiger partial charge on any atom is 0.262 e. The average molecular weight is 646 g/mol. The molecule has 0 aliphatic heterocycles. The first kappa shape index (κ1) is 29.7. The Morgan fingerprint density at radius 1 is 1.00 bits per heavy atom. The first-order valence-electron chi connectivity index (χ1n) is 11.7. The highest BCUT2D eigenvalue weighted by Crippen LogP contribution is 2.32. The SMILES string of the molecule is O=C(N[C@@H](Cc1cscn1)C(=O)NCCCCNS(=O)(=O)c1c(Cl)cc(Cl)cc1Cl)c1cc2ccccc2s1. The molecule has 0 spiro atoms. The monoisotopic (exact) mass is 644 g/mol. The fourth-order valence-corrected chi connectivity index (χ4v) is 7.88. The highest BCUT2D eigenvalue weighted by atomic mass is 35.5. The molecule has 2 aromatic carbocycles. The van der Waals surface area contributed by atoms with E-state index in [0.717, 1.165) is 10.1 Å². The molecule has 2 amide bonds. The third-order valence-corrected chi connectivity index (χ3v) is 9.94. The second-order valence-electron chi connectivity index (χ2n) is 8.45. The molecule has 0 unspecified atom stereocenters. The molecular weight excluding hydrogens is 623 g/mol. The van der Waals surface area contributed by atoms with Gasteiger partial charge in [0, 0.05) is 34.6 Å². The molecule has 0 aliphatic rings. The van der Waals surface area contributed by atoms with Crippen molar-refractivity contribution in [3.05, 3.63) is 79.0 Å². The third kappa shape index (κ3) is 7.91. The van der Waals surface area contributed by atoms with E-state index in [1.165, 1.54) is 34.8 Å². The quantitative estimate of drug-likeness (QED) is 0.175. The molecule has 8 nitrogen and oxygen atoms in total. The van der Waals surface area contributed by atoms with Gasteiger partial charge in [-0.2, -0.15) is 0 Å². The number of fused-ring (bicyclic) bond motifs is 1. The van der Waals surface area contributed by atoms with Gasteiger partial charge in [0.1, 0.15) is 10.9 Å². The molecule has 0 radical (unpaired) electrons. The molecule has 0 bridgehead atoms. The molecule has 14 heteroatoms. The van der Waals surface area contributed by atoms with E-state index in [4.69, 9.17) is 34.8 Å². The summed E-state index contributed by atoms with van der Waals surface area (Å²) >= 11 is 20.7. The van der Waals surface area contributed by atoms with Gasteiger partial charge in [0.15, 0.2) is 0 Å². The van der Waals surface area contributed by atoms with E-state index >= 15 is 0 Å². The number of rotatable bonds is 12. The van der Waals surface area contributed by atoms with Crippen LogP contribution in [0.4, 0.5) is 0 Å². The number of hydrogen-bond acceptors (Lipinski definition) is 7. The molecule has 0 saturated carbocycles. The highest BCUT2D eigenvalue weighted by Gasteiger charge is 2.24. The van der Waals surface area contributed by atoms with Gasteiger partial charge in [0.25, 0.3) is 5.91 Å². The van der Waals surface area contributed by atoms with E-state index in [0.29, 0.717) is 23.4 Å². The van der Waals surface area contributed by atoms with Crippen LogP contribution in [0.15, 0.2) is 58.3 Å². The molecule has 1 atom stereocenters. The van der Waals surface area contributed by atoms with Crippen molar-refractivity contribution in [3.63, 3.8) is 0 Å². The second kappa shape index (κ2) is 13.4. The van der Waals surface area contributed by atoms with E-state index in [1.54, 1.807) is 11.6 Å². The minimum Gasteiger partial charge on any atom is -0.354 e. The summed E-state index contributed by atoms with van der Waals surface area (Å²) < 4.78 is 28.7. The maximum atomic E-state index is 13.0. The fraction of sp³-hybridized carbons (Fsp3) is 0.240. The average Bonchev–Trinajstić information content (AvgIpc) is 3.54. The Balaban J connectivity index is 1.29. The Morgan fingerprint density at radius 3 is 2.41 bits per heavy atom. The highest BCUT2D eigenvalue weighted by molar-refractivity contribution is 7.89. The molecule has 3 N–H and O–H groups in total. The molecule has 0 saturated heterocycles. The zero-order valence-corrected chi connectivity index (χ0v) is 25.0. The third-order valence-electron chi connectivity index (χ3n) is 5.59. The summed E-state index contributed by atoms with van der Waals surface area (Å²) in [5.74, 6) is -0.682. The van der Waals surface area contributed by atoms with E-state index in [2.05, 4.69) is 20.3 Å². The van der Waals surface area contributed by atoms with Crippen molar-refractivity contribution in [1.29, 1.82) is 0 Å². The van der Waals surface area contributed by atoms with Crippen molar-refractivity contribution in [2.45, 2.75) is 30.2 Å². The van der Waals surface area contributed by atoms with Gasteiger partial charge in [-0.1, -0.05) is 53.0 Å². The summed E-state index contributed by atoms with van der Waals surface area (Å²) in [6.07, 6.45) is 1.17. The molecular formula is C25H23Cl3N4O4S3. The maximum absolute atomic E-state index is 13.0. The normalized spacial score (nSPS) is 12.4. The zero-order valence-electron chi connectivity index (χ0n) is 20.2. The molecule has 39 heavy (non-hydrogen) atoms. The Labute approximate surface area is 248 Å². The van der Waals surface area contributed by atoms with Crippen LogP contribution in [0.1, 0.15) is 28.2 Å². The molecule has 2 heterocycles. The number of unbranched alkanes of at least 4 members (excludes halogenated alkanes) is 1. The predicted octanol–water partition coefficient (Wildman–Crippen LogP) is 5.53. The Bertz CT molecular complexity index is 1520. The Hall–Kier alpha value is -2.25. The number of benzene rings is 2. The van der Waals surface area contributed by atoms with Crippen molar-refractivity contribution < 1.29 is 18.0 Å². The van der Waals surface area contributed by atoms with Crippen molar-refractivity contribution in [2.75, 3.05) is 13.1 Å². The van der Waals surface area contributed by atoms with Gasteiger partial charge in [-0.3, -0.25) is 9.59 Å². The van der Waals surface area contributed by atoms with Gasteiger partial charge in [0.2, 0.25) is 15.9 Å². The lowest BCUT2D eigenvalue weighted by Crippen LogP contribution is -2.48. The molecule has 206 valence electrons. The van der Waals surface area contributed by atoms with Crippen LogP contribution in [0, 0.1) is 0 Å². The minimum atomic E-state index is -3.95. The van der Waals surface area contributed by atoms with Crippen molar-refractivity contribution in [1.82, 2.24) is 20.3 Å². The number of hydrogen-bond donors (Lipinski definition) is 3. The van der Waals surface area contributed by atoms with Crippen molar-refractivity contribution in [3.8, 4) is 0 Å². The minimum absolute atomic E-state index is 0.0730. The largest absolute Gasteiger partial charge is 0.354 e. The first-order chi connectivity index (χ1) is 18.6. The van der Waals surface area contributed by atoms with E-state index in [-0.39, 0.29) is 51.3 Å². The van der Waals surface area contributed by atoms with Crippen LogP contribution in [0.5, 0.6) is 0 Å². The Morgan fingerprint density at radius 2 is 1.72 bits per heavy atom. The van der Waals surface area contributed by atoms with E-state index in [1.807, 2.05) is 29.6 Å². The number of halogens is 3. The number of carbonyl (C=O) groups excluding carboxylic acids is 2. The molecule has 0 aliphatic carbocycles. The number of nitrogens with one attached hydrogen (secondary N) is 3. The fourth-order valence-electron chi connectivity index (χ4n) is 3.73. The molecule has 0 fully saturated rings. The number of thiophene rings is 1. The number of thiazole rings is 1. The van der Waals surface area contributed by atoms with E-state index < -0.39 is 16.1 Å². The first-order valence-corrected chi connectivity index (χ1v) is 16.1. The van der Waals surface area contributed by atoms with Gasteiger partial charge in [-0.25, -0.2) is 18.1 Å². The topological polar surface area (TPSA) is 117 Å². The number of amides is 2. The zero-order chi connectivity index (χ0) is 28.0. The number of nitrogens with zero attached hydrogens (tertiary/aromatic N) is 1.